The van der Waals surface area contributed by atoms with Crippen LogP contribution in [0.2, 0.25) is 0 Å². The predicted octanol–water partition coefficient (Wildman–Crippen LogP) is 3.10. The quantitative estimate of drug-likeness (QED) is 0.0421. The molecule has 0 amide bonds. The van der Waals surface area contributed by atoms with Crippen molar-refractivity contribution < 1.29 is 78.4 Å². The van der Waals surface area contributed by atoms with Gasteiger partial charge in [0.15, 0.2) is 24.8 Å². The Labute approximate surface area is 414 Å². The van der Waals surface area contributed by atoms with Gasteiger partial charge >= 0.3 is 11.9 Å². The second kappa shape index (κ2) is 23.7. The number of aliphatic hydroxyl groups excluding tert-OH is 5. The van der Waals surface area contributed by atoms with Crippen LogP contribution in [0.4, 0.5) is 5.69 Å². The summed E-state index contributed by atoms with van der Waals surface area (Å²) in [5.74, 6) is -3.46. The third-order valence-electron chi connectivity index (χ3n) is 14.6. The number of esters is 1. The number of nitro groups is 1. The topological polar surface area (TPSA) is 307 Å². The lowest BCUT2D eigenvalue weighted by atomic mass is 9.75. The van der Waals surface area contributed by atoms with Crippen molar-refractivity contribution in [3.8, 4) is 0 Å². The second-order valence-electron chi connectivity index (χ2n) is 19.7. The predicted molar refractivity (Wildman–Crippen MR) is 251 cm³/mol. The molecular formula is C50H65N5O17. The van der Waals surface area contributed by atoms with Gasteiger partial charge < -0.3 is 63.6 Å². The van der Waals surface area contributed by atoms with Gasteiger partial charge in [0.25, 0.3) is 5.69 Å². The summed E-state index contributed by atoms with van der Waals surface area (Å²) in [5.41, 5.74) is 1.51. The molecule has 2 aliphatic carbocycles. The molecule has 72 heavy (non-hydrogen) atoms. The number of ether oxygens (including phenoxy) is 6. The third-order valence-corrected chi connectivity index (χ3v) is 14.6. The van der Waals surface area contributed by atoms with Gasteiger partial charge in [-0.05, 0) is 62.3 Å². The summed E-state index contributed by atoms with van der Waals surface area (Å²) >= 11 is 0. The van der Waals surface area contributed by atoms with E-state index in [1.807, 2.05) is 10.8 Å². The molecule has 0 radical (unpaired) electrons. The summed E-state index contributed by atoms with van der Waals surface area (Å²) in [4.78, 5) is 51.8. The van der Waals surface area contributed by atoms with Crippen molar-refractivity contribution in [2.45, 2.75) is 171 Å². The molecule has 22 heteroatoms. The zero-order valence-corrected chi connectivity index (χ0v) is 40.2. The Morgan fingerprint density at radius 2 is 1.64 bits per heavy atom. The van der Waals surface area contributed by atoms with Crippen LogP contribution in [0.5, 0.6) is 0 Å². The number of aliphatic carboxylic acids is 1. The van der Waals surface area contributed by atoms with Gasteiger partial charge in [0.1, 0.15) is 42.4 Å². The SMILES string of the molecule is CC1O[C@@H](O[C@@H]2C(C)CC(C(=O)CCc3cn(CCn4ccc5cc([N+](=O)[O-])ccc54)nn3)C[C@H]2O[C@@H]2O[C@@H](CO)[C@H](O)C(O[C@@H](CC3CCCCC3)C(=O)O)C2OC(=O)c2ccccc2)C(O)[C@@H](O)[C@@H]1O. The van der Waals surface area contributed by atoms with Crippen LogP contribution in [-0.2, 0) is 57.5 Å². The molecule has 4 fully saturated rings. The average molecular weight is 1010 g/mol. The van der Waals surface area contributed by atoms with E-state index in [4.69, 9.17) is 28.4 Å². The average Bonchev–Trinajstić information content (AvgIpc) is 4.02. The third kappa shape index (κ3) is 12.4. The first-order valence-corrected chi connectivity index (χ1v) is 24.8. The van der Waals surface area contributed by atoms with E-state index < -0.39 is 115 Å². The fourth-order valence-electron chi connectivity index (χ4n) is 10.6. The number of carboxylic acid groups (broad SMARTS) is 1. The highest BCUT2D eigenvalue weighted by atomic mass is 16.7. The Kier molecular flexibility index (Phi) is 17.5. The van der Waals surface area contributed by atoms with Crippen molar-refractivity contribution in [1.82, 2.24) is 19.6 Å². The molecule has 6 unspecified atom stereocenters. The number of fused-ring (bicyclic) bond motifs is 1. The number of carboxylic acids is 1. The Morgan fingerprint density at radius 1 is 0.875 bits per heavy atom. The van der Waals surface area contributed by atoms with Crippen LogP contribution in [0.15, 0.2) is 67.0 Å². The summed E-state index contributed by atoms with van der Waals surface area (Å²) < 4.78 is 41.1. The lowest BCUT2D eigenvalue weighted by Gasteiger charge is -2.48. The van der Waals surface area contributed by atoms with Gasteiger partial charge in [-0.1, -0.05) is 62.4 Å². The van der Waals surface area contributed by atoms with E-state index in [-0.39, 0.29) is 55.1 Å². The van der Waals surface area contributed by atoms with Crippen LogP contribution >= 0.6 is 0 Å². The smallest absolute Gasteiger partial charge is 0.338 e. The minimum Gasteiger partial charge on any atom is -0.479 e. The van der Waals surface area contributed by atoms with E-state index in [9.17, 15) is 55.1 Å². The molecule has 0 bridgehead atoms. The molecule has 0 spiro atoms. The summed E-state index contributed by atoms with van der Waals surface area (Å²) in [5, 5.41) is 85.5. The van der Waals surface area contributed by atoms with Crippen molar-refractivity contribution in [1.29, 1.82) is 0 Å². The maximum atomic E-state index is 14.2. The second-order valence-corrected chi connectivity index (χ2v) is 19.7. The van der Waals surface area contributed by atoms with Crippen molar-refractivity contribution in [2.75, 3.05) is 6.61 Å². The largest absolute Gasteiger partial charge is 0.479 e. The first kappa shape index (κ1) is 53.0. The van der Waals surface area contributed by atoms with Crippen LogP contribution in [0, 0.1) is 27.9 Å². The van der Waals surface area contributed by atoms with Crippen LogP contribution in [0.25, 0.3) is 10.9 Å². The summed E-state index contributed by atoms with van der Waals surface area (Å²) in [7, 11) is 0. The molecule has 2 saturated heterocycles. The van der Waals surface area contributed by atoms with E-state index in [1.165, 1.54) is 31.2 Å². The standard InChI is InChI=1S/C50H65N5O17/c1-27-21-32(36(57)16-13-33-25-54(52-51-33)20-19-53-18-17-31-23-34(55(65)66)14-15-35(31)53)24-37(44(27)72-49-43(61)42(60)40(58)28(2)67-49)69-50-46(71-48(64)30-11-7-4-8-12-30)45(41(59)39(26-56)70-50)68-38(47(62)63)22-29-9-5-3-6-10-29/h4,7-8,11-12,14-15,17-18,23,25,27-29,32,37-46,49-50,56,58-61H,3,5-6,9-10,13,16,19-22,24,26H2,1-2H3,(H,62,63)/t27?,28?,32?,37-,38+,39+,40-,41+,42+,43?,44-,45?,46?,49+,50-/m1/s1. The van der Waals surface area contributed by atoms with E-state index in [2.05, 4.69) is 10.3 Å². The first-order valence-electron chi connectivity index (χ1n) is 24.8. The molecule has 2 aromatic heterocycles. The highest BCUT2D eigenvalue weighted by Crippen LogP contribution is 2.40. The number of carbonyl (C=O) groups excluding carboxylic acids is 2. The van der Waals surface area contributed by atoms with Gasteiger partial charge in [-0.3, -0.25) is 19.6 Å². The highest BCUT2D eigenvalue weighted by molar-refractivity contribution is 5.89. The Hall–Kier alpha value is -5.27. The number of benzene rings is 2. The van der Waals surface area contributed by atoms with Gasteiger partial charge in [-0.25, -0.2) is 9.59 Å². The van der Waals surface area contributed by atoms with Gasteiger partial charge in [0.05, 0.1) is 47.6 Å². The summed E-state index contributed by atoms with van der Waals surface area (Å²) in [6.07, 6.45) is -10.1. The number of nitro benzene ring substituents is 1. The Morgan fingerprint density at radius 3 is 2.36 bits per heavy atom. The minimum absolute atomic E-state index is 0.00179. The number of aromatic nitrogens is 4. The Bertz CT molecular complexity index is 2470. The van der Waals surface area contributed by atoms with Crippen molar-refractivity contribution in [3.63, 3.8) is 0 Å². The van der Waals surface area contributed by atoms with Crippen molar-refractivity contribution in [3.05, 3.63) is 88.4 Å². The monoisotopic (exact) mass is 1010 g/mol. The number of non-ortho nitro benzene ring substituents is 1. The molecule has 22 nitrogen and oxygen atoms in total. The number of Topliss-reactive ketones (excluding diaryl/α,β-unsaturated/α-hetero) is 1. The molecule has 2 aromatic carbocycles. The number of aliphatic hydroxyl groups is 5. The number of hydrogen-bond donors (Lipinski definition) is 6. The number of aryl methyl sites for hydroxylation is 3. The van der Waals surface area contributed by atoms with Crippen LogP contribution in [0.3, 0.4) is 0 Å². The van der Waals surface area contributed by atoms with Crippen molar-refractivity contribution in [2.24, 2.45) is 17.8 Å². The van der Waals surface area contributed by atoms with E-state index in [0.29, 0.717) is 18.8 Å². The van der Waals surface area contributed by atoms with Crippen molar-refractivity contribution >= 4 is 34.3 Å². The van der Waals surface area contributed by atoms with Gasteiger partial charge in [-0.2, -0.15) is 0 Å². The van der Waals surface area contributed by atoms with E-state index in [0.717, 1.165) is 43.0 Å². The molecule has 4 aromatic rings. The number of carbonyl (C=O) groups is 3. The van der Waals surface area contributed by atoms with Gasteiger partial charge in [0.2, 0.25) is 0 Å². The fraction of sp³-hybridized carbons (Fsp3) is 0.620. The molecule has 2 saturated carbocycles. The Balaban J connectivity index is 1.02. The number of ketones is 1. The molecule has 15 atom stereocenters. The minimum atomic E-state index is -1.71. The number of nitrogens with zero attached hydrogens (tertiary/aromatic N) is 5. The van der Waals surface area contributed by atoms with Gasteiger partial charge in [0, 0.05) is 60.7 Å². The highest BCUT2D eigenvalue weighted by Gasteiger charge is 2.54. The van der Waals surface area contributed by atoms with Crippen LogP contribution in [-0.4, -0.2) is 159 Å². The number of hydrogen-bond acceptors (Lipinski definition) is 18. The maximum absolute atomic E-state index is 14.2. The molecule has 6 N–H and O–H groups in total. The molecule has 392 valence electrons. The zero-order valence-electron chi connectivity index (χ0n) is 40.2. The summed E-state index contributed by atoms with van der Waals surface area (Å²) in [6.45, 7) is 3.46. The summed E-state index contributed by atoms with van der Waals surface area (Å²) in [6, 6.07) is 14.4. The fourth-order valence-corrected chi connectivity index (χ4v) is 10.6. The molecule has 4 heterocycles. The van der Waals surface area contributed by atoms with E-state index >= 15 is 0 Å². The molecule has 8 rings (SSSR count). The van der Waals surface area contributed by atoms with Gasteiger partial charge in [-0.15, -0.1) is 5.10 Å². The van der Waals surface area contributed by atoms with Crippen LogP contribution < -0.4 is 0 Å². The van der Waals surface area contributed by atoms with Crippen LogP contribution in [0.1, 0.15) is 87.7 Å². The normalized spacial score (nSPS) is 31.8. The number of rotatable bonds is 20. The lowest BCUT2D eigenvalue weighted by molar-refractivity contribution is -0.384. The molecule has 2 aliphatic heterocycles. The molecular weight excluding hydrogens is 943 g/mol. The lowest BCUT2D eigenvalue weighted by Crippen LogP contribution is -2.64. The first-order chi connectivity index (χ1) is 34.6. The zero-order chi connectivity index (χ0) is 51.2. The molecule has 4 aliphatic rings. The van der Waals surface area contributed by atoms with E-state index in [1.54, 1.807) is 48.1 Å². The maximum Gasteiger partial charge on any atom is 0.338 e.